The number of allylic oxidation sites excluding steroid dienone is 4. The normalized spacial score (nSPS) is 21.0. The van der Waals surface area contributed by atoms with Crippen molar-refractivity contribution in [1.29, 1.82) is 0 Å². The maximum atomic E-state index is 13.9. The molecule has 1 atom stereocenters. The third kappa shape index (κ3) is 3.13. The van der Waals surface area contributed by atoms with E-state index in [1.165, 1.54) is 0 Å². The molecule has 0 bridgehead atoms. The number of ether oxygens (including phenoxy) is 1. The Balaban J connectivity index is 1.45. The summed E-state index contributed by atoms with van der Waals surface area (Å²) >= 11 is 0. The van der Waals surface area contributed by atoms with Crippen LogP contribution >= 0.6 is 0 Å². The Morgan fingerprint density at radius 1 is 1.06 bits per heavy atom. The lowest BCUT2D eigenvalue weighted by Gasteiger charge is -2.26. The molecule has 0 fully saturated rings. The fraction of sp³-hybridized carbons (Fsp3) is 0.0435. The van der Waals surface area contributed by atoms with E-state index in [1.54, 1.807) is 36.8 Å². The van der Waals surface area contributed by atoms with Crippen molar-refractivity contribution in [3.05, 3.63) is 113 Å². The Morgan fingerprint density at radius 3 is 2.65 bits per heavy atom. The molecule has 0 saturated heterocycles. The third-order valence-corrected chi connectivity index (χ3v) is 5.23. The monoisotopic (exact) mass is 421 g/mol. The second kappa shape index (κ2) is 7.19. The van der Waals surface area contributed by atoms with Gasteiger partial charge < -0.3 is 4.74 Å². The predicted octanol–water partition coefficient (Wildman–Crippen LogP) is 4.40. The van der Waals surface area contributed by atoms with Gasteiger partial charge in [-0.2, -0.15) is 10.8 Å². The summed E-state index contributed by atoms with van der Waals surface area (Å²) in [7, 11) is 0. The highest BCUT2D eigenvalue weighted by molar-refractivity contribution is 6.01. The first-order chi connectivity index (χ1) is 15.0. The first-order valence-corrected chi connectivity index (χ1v) is 9.44. The van der Waals surface area contributed by atoms with Crippen LogP contribution in [0.15, 0.2) is 94.0 Å². The van der Waals surface area contributed by atoms with Gasteiger partial charge in [-0.1, -0.05) is 24.3 Å². The van der Waals surface area contributed by atoms with Gasteiger partial charge in [0.2, 0.25) is 5.70 Å². The minimum atomic E-state index is -1.26. The van der Waals surface area contributed by atoms with Gasteiger partial charge in [0.1, 0.15) is 30.1 Å². The van der Waals surface area contributed by atoms with Crippen LogP contribution in [0.25, 0.3) is 0 Å². The number of rotatable bonds is 5. The van der Waals surface area contributed by atoms with Crippen LogP contribution in [0.3, 0.4) is 0 Å². The predicted molar refractivity (Wildman–Crippen MR) is 110 cm³/mol. The first-order valence-electron chi connectivity index (χ1n) is 9.44. The molecule has 5 nitrogen and oxygen atoms in total. The Bertz CT molecular complexity index is 1290. The maximum Gasteiger partial charge on any atom is 0.265 e. The van der Waals surface area contributed by atoms with Crippen molar-refractivity contribution >= 4 is 12.1 Å². The van der Waals surface area contributed by atoms with E-state index in [-0.39, 0.29) is 4.59 Å². The van der Waals surface area contributed by atoms with Crippen molar-refractivity contribution in [1.82, 2.24) is 0 Å². The van der Waals surface area contributed by atoms with Crippen molar-refractivity contribution in [3.8, 4) is 5.75 Å². The molecule has 2 aromatic rings. The summed E-state index contributed by atoms with van der Waals surface area (Å²) in [6, 6.07) is 8.45. The van der Waals surface area contributed by atoms with E-state index < -0.39 is 29.6 Å². The van der Waals surface area contributed by atoms with Gasteiger partial charge in [-0.3, -0.25) is 4.99 Å². The Hall–Kier alpha value is -3.75. The average Bonchev–Trinajstić information content (AvgIpc) is 3.03. The molecular weight excluding hydrogens is 405 g/mol. The van der Waals surface area contributed by atoms with Crippen molar-refractivity contribution in [2.24, 2.45) is 15.8 Å². The second-order valence-corrected chi connectivity index (χ2v) is 7.14. The second-order valence-electron chi connectivity index (χ2n) is 7.14. The van der Waals surface area contributed by atoms with Crippen LogP contribution in [0.5, 0.6) is 5.75 Å². The van der Waals surface area contributed by atoms with Gasteiger partial charge in [0, 0.05) is 5.57 Å². The SMILES string of the molecule is N[N+]12C=CN=CC1=C(C1=CC=C1)N=C2c1cccc(OCc2c(F)ccc(F)c2F)c1. The van der Waals surface area contributed by atoms with Crippen LogP contribution in [0.2, 0.25) is 0 Å². The summed E-state index contributed by atoms with van der Waals surface area (Å²) in [4.78, 5) is 8.93. The van der Waals surface area contributed by atoms with Gasteiger partial charge in [-0.15, -0.1) is 4.59 Å². The summed E-state index contributed by atoms with van der Waals surface area (Å²) in [5, 5.41) is 0. The number of quaternary nitrogens is 1. The molecule has 0 spiro atoms. The maximum absolute atomic E-state index is 13.9. The van der Waals surface area contributed by atoms with Crippen LogP contribution in [0.1, 0.15) is 11.1 Å². The third-order valence-electron chi connectivity index (χ3n) is 5.23. The zero-order valence-electron chi connectivity index (χ0n) is 16.1. The highest BCUT2D eigenvalue weighted by Gasteiger charge is 2.44. The molecule has 3 aliphatic rings. The van der Waals surface area contributed by atoms with Crippen LogP contribution in [0.4, 0.5) is 13.2 Å². The van der Waals surface area contributed by atoms with E-state index in [9.17, 15) is 13.2 Å². The standard InChI is InChI=1S/C23H16F3N4O/c24-18-7-8-19(25)21(26)17(18)13-31-16-6-2-5-15(11-16)23-29-22(14-3-1-4-14)20-12-28-9-10-30(20,23)27/h1-12H,13,27H2/q+1. The Morgan fingerprint density at radius 2 is 1.87 bits per heavy atom. The van der Waals surface area contributed by atoms with E-state index in [4.69, 9.17) is 15.6 Å². The summed E-state index contributed by atoms with van der Waals surface area (Å²) in [6.07, 6.45) is 10.8. The highest BCUT2D eigenvalue weighted by atomic mass is 19.2. The Kier molecular flexibility index (Phi) is 4.46. The molecule has 0 amide bonds. The zero-order chi connectivity index (χ0) is 21.6. The molecule has 1 unspecified atom stereocenters. The summed E-state index contributed by atoms with van der Waals surface area (Å²) < 4.78 is 46.6. The van der Waals surface area contributed by atoms with Crippen LogP contribution in [-0.2, 0) is 6.61 Å². The summed E-state index contributed by atoms with van der Waals surface area (Å²) in [5.41, 5.74) is 2.59. The van der Waals surface area contributed by atoms with E-state index >= 15 is 0 Å². The molecule has 2 aliphatic heterocycles. The molecule has 2 N–H and O–H groups in total. The number of fused-ring (bicyclic) bond motifs is 1. The zero-order valence-corrected chi connectivity index (χ0v) is 16.1. The number of nitrogens with two attached hydrogens (primary N) is 1. The molecule has 0 radical (unpaired) electrons. The number of halogens is 3. The van der Waals surface area contributed by atoms with E-state index in [2.05, 4.69) is 4.99 Å². The van der Waals surface area contributed by atoms with Crippen LogP contribution < -0.4 is 10.6 Å². The van der Waals surface area contributed by atoms with E-state index in [0.717, 1.165) is 29.1 Å². The average molecular weight is 421 g/mol. The number of nitrogens with zero attached hydrogens (tertiary/aromatic N) is 3. The molecule has 0 saturated carbocycles. The summed E-state index contributed by atoms with van der Waals surface area (Å²) in [6.45, 7) is -0.465. The lowest BCUT2D eigenvalue weighted by molar-refractivity contribution is -0.750. The van der Waals surface area contributed by atoms with Gasteiger partial charge >= 0.3 is 0 Å². The molecule has 154 valence electrons. The Labute approximate surface area is 175 Å². The number of amidine groups is 1. The van der Waals surface area contributed by atoms with Crippen molar-refractivity contribution < 1.29 is 22.5 Å². The highest BCUT2D eigenvalue weighted by Crippen LogP contribution is 2.36. The smallest absolute Gasteiger partial charge is 0.265 e. The van der Waals surface area contributed by atoms with Crippen molar-refractivity contribution in [3.63, 3.8) is 0 Å². The number of hydrogen-bond acceptors (Lipinski definition) is 4. The molecule has 8 heteroatoms. The molecular formula is C23H16F3N4O+. The summed E-state index contributed by atoms with van der Waals surface area (Å²) in [5.74, 6) is 4.27. The fourth-order valence-electron chi connectivity index (χ4n) is 3.52. The van der Waals surface area contributed by atoms with Crippen molar-refractivity contribution in [2.45, 2.75) is 6.61 Å². The van der Waals surface area contributed by atoms with Gasteiger partial charge in [-0.25, -0.2) is 13.2 Å². The topological polar surface area (TPSA) is 60.0 Å². The fourth-order valence-corrected chi connectivity index (χ4v) is 3.52. The quantitative estimate of drug-likeness (QED) is 0.442. The molecule has 2 aromatic carbocycles. The number of aliphatic imine (C=N–C) groups is 2. The van der Waals surface area contributed by atoms with E-state index in [0.29, 0.717) is 17.1 Å². The number of hydrogen-bond donors (Lipinski definition) is 1. The van der Waals surface area contributed by atoms with E-state index in [1.807, 2.05) is 24.3 Å². The van der Waals surface area contributed by atoms with Crippen LogP contribution in [-0.4, -0.2) is 16.6 Å². The van der Waals surface area contributed by atoms with Crippen LogP contribution in [0, 0.1) is 17.5 Å². The van der Waals surface area contributed by atoms with Gasteiger partial charge in [-0.05, 0) is 30.3 Å². The molecule has 0 aromatic heterocycles. The molecule has 5 rings (SSSR count). The van der Waals surface area contributed by atoms with Gasteiger partial charge in [0.25, 0.3) is 5.84 Å². The first kappa shape index (κ1) is 19.2. The van der Waals surface area contributed by atoms with Gasteiger partial charge in [0.05, 0.1) is 23.5 Å². The van der Waals surface area contributed by atoms with Gasteiger partial charge in [0.15, 0.2) is 11.6 Å². The minimum Gasteiger partial charge on any atom is -0.489 e. The molecule has 2 heterocycles. The number of benzene rings is 2. The van der Waals surface area contributed by atoms with Crippen molar-refractivity contribution in [2.75, 3.05) is 0 Å². The largest absolute Gasteiger partial charge is 0.489 e. The molecule has 1 aliphatic carbocycles. The lowest BCUT2D eigenvalue weighted by Crippen LogP contribution is -2.53. The lowest BCUT2D eigenvalue weighted by atomic mass is 10.0. The molecule has 31 heavy (non-hydrogen) atoms. The minimum absolute atomic E-state index is 0.166.